The number of hydrogen-bond donors (Lipinski definition) is 0. The van der Waals surface area contributed by atoms with E-state index < -0.39 is 0 Å². The topological polar surface area (TPSA) is 37.6 Å². The van der Waals surface area contributed by atoms with Crippen LogP contribution in [0.15, 0.2) is 161 Å². The van der Waals surface area contributed by atoms with Crippen molar-refractivity contribution in [3.05, 3.63) is 168 Å². The minimum absolute atomic E-state index is 0.147. The van der Waals surface area contributed by atoms with Gasteiger partial charge < -0.3 is 0 Å². The average Bonchev–Trinajstić information content (AvgIpc) is 3.58. The Kier molecular flexibility index (Phi) is 8.18. The molecule has 0 saturated heterocycles. The van der Waals surface area contributed by atoms with E-state index in [0.29, 0.717) is 0 Å². The van der Waals surface area contributed by atoms with Crippen molar-refractivity contribution in [3.63, 3.8) is 0 Å². The van der Waals surface area contributed by atoms with Crippen LogP contribution in [0.25, 0.3) is 44.8 Å². The molecule has 1 aromatic heterocycles. The summed E-state index contributed by atoms with van der Waals surface area (Å²) in [5, 5.41) is 0. The number of aliphatic imine (C=N–C) groups is 2. The summed E-state index contributed by atoms with van der Waals surface area (Å²) in [4.78, 5) is 15.4. The molecule has 1 atom stereocenters. The molecule has 0 radical (unpaired) electrons. The fourth-order valence-corrected chi connectivity index (χ4v) is 6.86. The molecule has 8 rings (SSSR count). The molecule has 3 nitrogen and oxygen atoms in total. The van der Waals surface area contributed by atoms with E-state index in [0.717, 1.165) is 87.4 Å². The normalized spacial score (nSPS) is 17.4. The lowest BCUT2D eigenvalue weighted by atomic mass is 9.90. The van der Waals surface area contributed by atoms with Gasteiger partial charge in [-0.1, -0.05) is 139 Å². The Morgan fingerprint density at radius 1 is 0.562 bits per heavy atom. The Morgan fingerprint density at radius 3 is 1.79 bits per heavy atom. The van der Waals surface area contributed by atoms with E-state index in [1.165, 1.54) is 16.7 Å². The fourth-order valence-electron chi connectivity index (χ4n) is 6.86. The molecule has 5 aromatic carbocycles. The number of rotatable bonds is 6. The first kappa shape index (κ1) is 29.7. The largest absolute Gasteiger partial charge is 0.289 e. The second kappa shape index (κ2) is 13.2. The summed E-state index contributed by atoms with van der Waals surface area (Å²) in [7, 11) is 0. The monoisotopic (exact) mass is 619 g/mol. The van der Waals surface area contributed by atoms with Gasteiger partial charge >= 0.3 is 0 Å². The number of nitrogens with zero attached hydrogens (tertiary/aromatic N) is 3. The van der Waals surface area contributed by atoms with E-state index in [-0.39, 0.29) is 6.04 Å². The van der Waals surface area contributed by atoms with Crippen LogP contribution >= 0.6 is 0 Å². The van der Waals surface area contributed by atoms with E-state index in [1.54, 1.807) is 0 Å². The van der Waals surface area contributed by atoms with Crippen LogP contribution in [0.5, 0.6) is 0 Å². The standard InChI is InChI=1S/C45H37N3/c1-31-12-10-11-27-46-42(28-31)34-23-19-32(20-24-34)39-30-40(33-21-25-35(26-22-33)43-29-38-17-8-9-18-41(38)47-43)45(37-15-6-3-7-16-37)48-44(39)36-13-4-2-5-14-36/h2-9,12-27,30,42H,10-11,28-29H2,1H3/b31-12+,46-27-. The second-order valence-corrected chi connectivity index (χ2v) is 12.8. The molecule has 2 aliphatic heterocycles. The molecular weight excluding hydrogens is 583 g/mol. The molecule has 0 amide bonds. The first-order valence-electron chi connectivity index (χ1n) is 16.9. The van der Waals surface area contributed by atoms with Gasteiger partial charge in [0.15, 0.2) is 0 Å². The van der Waals surface area contributed by atoms with Gasteiger partial charge in [0, 0.05) is 28.7 Å². The van der Waals surface area contributed by atoms with Gasteiger partial charge in [-0.15, -0.1) is 0 Å². The highest BCUT2D eigenvalue weighted by Crippen LogP contribution is 2.41. The van der Waals surface area contributed by atoms with Crippen LogP contribution in [0.3, 0.4) is 0 Å². The molecule has 1 unspecified atom stereocenters. The Hall–Kier alpha value is -5.67. The maximum atomic E-state index is 5.48. The van der Waals surface area contributed by atoms with Gasteiger partial charge in [0.05, 0.1) is 28.8 Å². The maximum Gasteiger partial charge on any atom is 0.0788 e. The zero-order valence-electron chi connectivity index (χ0n) is 27.2. The molecule has 48 heavy (non-hydrogen) atoms. The fraction of sp³-hybridized carbons (Fsp3) is 0.133. The lowest BCUT2D eigenvalue weighted by Crippen LogP contribution is -2.01. The van der Waals surface area contributed by atoms with Crippen LogP contribution in [0.2, 0.25) is 0 Å². The number of hydrogen-bond acceptors (Lipinski definition) is 3. The first-order chi connectivity index (χ1) is 23.7. The Labute approximate surface area is 283 Å². The molecule has 3 heterocycles. The molecular formula is C45H37N3. The van der Waals surface area contributed by atoms with Crippen molar-refractivity contribution in [1.82, 2.24) is 4.98 Å². The van der Waals surface area contributed by atoms with Gasteiger partial charge in [-0.2, -0.15) is 0 Å². The van der Waals surface area contributed by atoms with Crippen LogP contribution in [0.1, 0.15) is 48.9 Å². The summed E-state index contributed by atoms with van der Waals surface area (Å²) in [6.45, 7) is 2.22. The lowest BCUT2D eigenvalue weighted by Gasteiger charge is -2.19. The van der Waals surface area contributed by atoms with Crippen molar-refractivity contribution in [1.29, 1.82) is 0 Å². The van der Waals surface area contributed by atoms with Crippen molar-refractivity contribution in [3.8, 4) is 44.8 Å². The van der Waals surface area contributed by atoms with E-state index >= 15 is 0 Å². The highest BCUT2D eigenvalue weighted by Gasteiger charge is 2.20. The molecule has 6 aromatic rings. The minimum atomic E-state index is 0.147. The summed E-state index contributed by atoms with van der Waals surface area (Å²) in [5.41, 5.74) is 15.9. The van der Waals surface area contributed by atoms with Crippen molar-refractivity contribution in [2.45, 2.75) is 38.6 Å². The molecule has 0 spiro atoms. The van der Waals surface area contributed by atoms with Gasteiger partial charge in [0.2, 0.25) is 0 Å². The van der Waals surface area contributed by atoms with E-state index in [4.69, 9.17) is 15.0 Å². The molecule has 0 saturated carbocycles. The van der Waals surface area contributed by atoms with Crippen molar-refractivity contribution >= 4 is 17.6 Å². The van der Waals surface area contributed by atoms with Gasteiger partial charge in [0.25, 0.3) is 0 Å². The average molecular weight is 620 g/mol. The lowest BCUT2D eigenvalue weighted by molar-refractivity contribution is 0.709. The van der Waals surface area contributed by atoms with Crippen LogP contribution in [-0.2, 0) is 6.42 Å². The molecule has 3 heteroatoms. The zero-order chi connectivity index (χ0) is 32.3. The predicted octanol–water partition coefficient (Wildman–Crippen LogP) is 11.7. The van der Waals surface area contributed by atoms with Crippen LogP contribution in [-0.4, -0.2) is 16.9 Å². The molecule has 0 aliphatic carbocycles. The third-order valence-electron chi connectivity index (χ3n) is 9.45. The molecule has 0 bridgehead atoms. The quantitative estimate of drug-likeness (QED) is 0.171. The summed E-state index contributed by atoms with van der Waals surface area (Å²) >= 11 is 0. The minimum Gasteiger partial charge on any atom is -0.289 e. The van der Waals surface area contributed by atoms with Gasteiger partial charge in [0.1, 0.15) is 0 Å². The van der Waals surface area contributed by atoms with Gasteiger partial charge in [-0.25, -0.2) is 4.98 Å². The van der Waals surface area contributed by atoms with Crippen LogP contribution in [0, 0.1) is 0 Å². The summed E-state index contributed by atoms with van der Waals surface area (Å²) in [6, 6.07) is 49.8. The van der Waals surface area contributed by atoms with Gasteiger partial charge in [-0.3, -0.25) is 9.98 Å². The molecule has 232 valence electrons. The van der Waals surface area contributed by atoms with Crippen LogP contribution < -0.4 is 0 Å². The number of aromatic nitrogens is 1. The third kappa shape index (κ3) is 6.08. The number of benzene rings is 5. The number of pyridine rings is 1. The maximum absolute atomic E-state index is 5.48. The van der Waals surface area contributed by atoms with Crippen molar-refractivity contribution < 1.29 is 0 Å². The first-order valence-corrected chi connectivity index (χ1v) is 16.9. The smallest absolute Gasteiger partial charge is 0.0788 e. The highest BCUT2D eigenvalue weighted by atomic mass is 14.8. The Morgan fingerprint density at radius 2 is 1.15 bits per heavy atom. The van der Waals surface area contributed by atoms with E-state index in [2.05, 4.69) is 159 Å². The highest BCUT2D eigenvalue weighted by molar-refractivity contribution is 6.07. The van der Waals surface area contributed by atoms with Crippen molar-refractivity contribution in [2.24, 2.45) is 9.98 Å². The SMILES string of the molecule is C/C1=C\CC/C=N\C(c2ccc(-c3cc(-c4ccc(C5=Nc6ccccc6C5)cc4)c(-c4ccccc4)nc3-c3ccccc3)cc2)C1. The third-order valence-corrected chi connectivity index (χ3v) is 9.45. The number of para-hydroxylation sites is 1. The van der Waals surface area contributed by atoms with E-state index in [9.17, 15) is 0 Å². The molecule has 2 aliphatic rings. The molecule has 0 N–H and O–H groups in total. The Balaban J connectivity index is 1.24. The Bertz CT molecular complexity index is 2160. The zero-order valence-corrected chi connectivity index (χ0v) is 27.2. The summed E-state index contributed by atoms with van der Waals surface area (Å²) < 4.78 is 0. The summed E-state index contributed by atoms with van der Waals surface area (Å²) in [6.07, 6.45) is 8.34. The second-order valence-electron chi connectivity index (χ2n) is 12.8. The number of allylic oxidation sites excluding steroid dienone is 1. The van der Waals surface area contributed by atoms with Crippen molar-refractivity contribution in [2.75, 3.05) is 0 Å². The number of fused-ring (bicyclic) bond motifs is 1. The predicted molar refractivity (Wildman–Crippen MR) is 201 cm³/mol. The molecule has 0 fully saturated rings. The van der Waals surface area contributed by atoms with Gasteiger partial charge in [-0.05, 0) is 72.4 Å². The van der Waals surface area contributed by atoms with Crippen LogP contribution in [0.4, 0.5) is 5.69 Å². The van der Waals surface area contributed by atoms with E-state index in [1.807, 2.05) is 0 Å². The summed E-state index contributed by atoms with van der Waals surface area (Å²) in [5.74, 6) is 0.